The smallest absolute Gasteiger partial charge is 0.125 e. The second-order valence-corrected chi connectivity index (χ2v) is 29.1. The van der Waals surface area contributed by atoms with Crippen molar-refractivity contribution in [1.82, 2.24) is 16.0 Å². The number of ether oxygens (including phenoxy) is 1. The molecule has 0 aliphatic carbocycles. The molecule has 8 nitrogen and oxygen atoms in total. The normalized spacial score (nSPS) is 14.8. The third-order valence-corrected chi connectivity index (χ3v) is 14.8. The molecule has 0 radical (unpaired) electrons. The second-order valence-electron chi connectivity index (χ2n) is 29.1. The predicted octanol–water partition coefficient (Wildman–Crippen LogP) is 17.1. The average Bonchev–Trinajstić information content (AvgIpc) is 3.91. The summed E-state index contributed by atoms with van der Waals surface area (Å²) in [6.45, 7) is 58.0. The van der Waals surface area contributed by atoms with Gasteiger partial charge in [0.1, 0.15) is 6.29 Å². The summed E-state index contributed by atoms with van der Waals surface area (Å²) in [5, 5.41) is 11.1. The summed E-state index contributed by atoms with van der Waals surface area (Å²) in [6, 6.07) is 0. The third kappa shape index (κ3) is 67.6. The van der Waals surface area contributed by atoms with Crippen LogP contribution in [0.15, 0.2) is 0 Å². The maximum atomic E-state index is 10.7. The van der Waals surface area contributed by atoms with E-state index in [0.29, 0.717) is 16.2 Å². The Hall–Kier alpha value is -0.610. The SMILES string of the molecule is C1CCOC1.CC(C)CC(C)CCC(C)(C)C=O.CC(C)CC(C)CCC(C)(C)CNCCCCCN.CC(C)CC(C)CCC(C)(C)CNCCCCCNCC(C)(C)CCC(C)CC(C)C.NCCCCCN. The zero-order valence-electron chi connectivity index (χ0n) is 55.3. The Morgan fingerprint density at radius 3 is 0.880 bits per heavy atom. The molecule has 1 fully saturated rings. The quantitative estimate of drug-likeness (QED) is 0.0262. The van der Waals surface area contributed by atoms with Gasteiger partial charge in [-0.3, -0.25) is 0 Å². The van der Waals surface area contributed by atoms with Crippen LogP contribution < -0.4 is 33.2 Å². The first kappa shape index (κ1) is 80.9. The van der Waals surface area contributed by atoms with Gasteiger partial charge in [0.25, 0.3) is 0 Å². The molecular weight excluding hydrogens is 921 g/mol. The molecule has 1 heterocycles. The summed E-state index contributed by atoms with van der Waals surface area (Å²) in [5.74, 6) is 6.60. The van der Waals surface area contributed by atoms with Gasteiger partial charge in [-0.05, 0) is 212 Å². The second kappa shape index (κ2) is 51.5. The molecule has 456 valence electrons. The number of unbranched alkanes of at least 4 members (excludes halogenated alkanes) is 6. The molecule has 9 N–H and O–H groups in total. The van der Waals surface area contributed by atoms with Crippen molar-refractivity contribution < 1.29 is 9.53 Å². The summed E-state index contributed by atoms with van der Waals surface area (Å²) in [5.41, 5.74) is 17.1. The summed E-state index contributed by atoms with van der Waals surface area (Å²) in [4.78, 5) is 10.7. The fourth-order valence-corrected chi connectivity index (χ4v) is 10.0. The zero-order chi connectivity index (χ0) is 58.2. The van der Waals surface area contributed by atoms with Crippen LogP contribution in [-0.4, -0.2) is 78.4 Å². The molecule has 0 aromatic rings. The molecule has 1 saturated heterocycles. The van der Waals surface area contributed by atoms with Gasteiger partial charge in [0.15, 0.2) is 0 Å². The van der Waals surface area contributed by atoms with Crippen LogP contribution in [0.3, 0.4) is 0 Å². The molecule has 0 aromatic carbocycles. The van der Waals surface area contributed by atoms with Gasteiger partial charge in [-0.25, -0.2) is 0 Å². The van der Waals surface area contributed by atoms with Crippen LogP contribution in [0.2, 0.25) is 0 Å². The van der Waals surface area contributed by atoms with E-state index in [4.69, 9.17) is 21.9 Å². The molecule has 4 atom stereocenters. The Labute approximate surface area is 474 Å². The first-order valence-electron chi connectivity index (χ1n) is 32.2. The van der Waals surface area contributed by atoms with E-state index >= 15 is 0 Å². The van der Waals surface area contributed by atoms with Gasteiger partial charge in [0.05, 0.1) is 0 Å². The van der Waals surface area contributed by atoms with Crippen LogP contribution >= 0.6 is 0 Å². The minimum Gasteiger partial charge on any atom is -0.381 e. The average molecular weight is 1070 g/mol. The van der Waals surface area contributed by atoms with Crippen molar-refractivity contribution in [2.24, 2.45) is 86.2 Å². The fraction of sp³-hybridized carbons (Fsp3) is 0.985. The van der Waals surface area contributed by atoms with Crippen LogP contribution in [0, 0.1) is 69.0 Å². The standard InChI is InChI=1S/C29H62N2.C17H38N2.C12H24O.C5H14N2.C4H8O/c1-24(2)20-26(5)14-16-28(7,8)22-30-18-12-11-13-19-31-23-29(9,10)17-15-27(6)21-25(3)4;1-15(2)13-16(3)9-10-17(4,5)14-19-12-8-6-7-11-18;1-10(2)8-11(3)6-7-12(4,5)9-13;6-4-2-1-3-5-7;1-2-4-5-3-1/h24-27,30-31H,11-23H2,1-10H3;15-16,19H,6-14,18H2,1-5H3;9-11H,6-8H2,1-5H3;1-7H2;1-4H2. The monoisotopic (exact) mass is 1070 g/mol. The van der Waals surface area contributed by atoms with E-state index in [1.54, 1.807) is 0 Å². The highest BCUT2D eigenvalue weighted by Crippen LogP contribution is 2.29. The number of hydrogen-bond acceptors (Lipinski definition) is 8. The van der Waals surface area contributed by atoms with Gasteiger partial charge in [-0.2, -0.15) is 0 Å². The first-order valence-corrected chi connectivity index (χ1v) is 32.2. The van der Waals surface area contributed by atoms with Crippen LogP contribution in [0.5, 0.6) is 0 Å². The van der Waals surface area contributed by atoms with E-state index in [9.17, 15) is 4.79 Å². The third-order valence-electron chi connectivity index (χ3n) is 14.8. The highest BCUT2D eigenvalue weighted by atomic mass is 16.5. The van der Waals surface area contributed by atoms with E-state index in [1.807, 2.05) is 13.8 Å². The van der Waals surface area contributed by atoms with Gasteiger partial charge in [0.2, 0.25) is 0 Å². The fourth-order valence-electron chi connectivity index (χ4n) is 10.0. The van der Waals surface area contributed by atoms with E-state index in [1.165, 1.54) is 135 Å². The Balaban J connectivity index is -0.000000482. The number of nitrogens with two attached hydrogens (primary N) is 3. The summed E-state index contributed by atoms with van der Waals surface area (Å²) >= 11 is 0. The summed E-state index contributed by atoms with van der Waals surface area (Å²) in [7, 11) is 0. The largest absolute Gasteiger partial charge is 0.381 e. The maximum absolute atomic E-state index is 10.7. The van der Waals surface area contributed by atoms with Crippen LogP contribution in [0.1, 0.15) is 286 Å². The van der Waals surface area contributed by atoms with Crippen molar-refractivity contribution in [1.29, 1.82) is 0 Å². The molecule has 0 spiro atoms. The lowest BCUT2D eigenvalue weighted by Gasteiger charge is -2.27. The predicted molar refractivity (Wildman–Crippen MR) is 340 cm³/mol. The van der Waals surface area contributed by atoms with Crippen molar-refractivity contribution in [3.05, 3.63) is 0 Å². The van der Waals surface area contributed by atoms with Crippen molar-refractivity contribution in [2.45, 2.75) is 286 Å². The molecule has 4 unspecified atom stereocenters. The summed E-state index contributed by atoms with van der Waals surface area (Å²) in [6.07, 6.45) is 30.3. The molecular formula is C67H146N6O2. The van der Waals surface area contributed by atoms with Crippen LogP contribution in [-0.2, 0) is 9.53 Å². The number of carbonyl (C=O) groups excluding carboxylic acids is 1. The van der Waals surface area contributed by atoms with Crippen molar-refractivity contribution in [3.63, 3.8) is 0 Å². The Kier molecular flexibility index (Phi) is 55.6. The van der Waals surface area contributed by atoms with Gasteiger partial charge in [0, 0.05) is 38.3 Å². The number of rotatable bonds is 42. The number of aldehydes is 1. The molecule has 0 amide bonds. The molecule has 8 heteroatoms. The van der Waals surface area contributed by atoms with E-state index in [0.717, 1.165) is 138 Å². The van der Waals surface area contributed by atoms with E-state index in [-0.39, 0.29) is 5.41 Å². The van der Waals surface area contributed by atoms with Crippen molar-refractivity contribution in [2.75, 3.05) is 72.1 Å². The number of nitrogens with one attached hydrogen (secondary N) is 3. The molecule has 0 saturated carbocycles. The van der Waals surface area contributed by atoms with Gasteiger partial charge >= 0.3 is 0 Å². The van der Waals surface area contributed by atoms with E-state index < -0.39 is 0 Å². The molecule has 75 heavy (non-hydrogen) atoms. The topological polar surface area (TPSA) is 140 Å². The summed E-state index contributed by atoms with van der Waals surface area (Å²) < 4.78 is 4.94. The zero-order valence-corrected chi connectivity index (χ0v) is 55.3. The molecule has 1 rings (SSSR count). The van der Waals surface area contributed by atoms with E-state index in [2.05, 4.69) is 141 Å². The Morgan fingerprint density at radius 2 is 0.653 bits per heavy atom. The first-order chi connectivity index (χ1) is 35.0. The van der Waals surface area contributed by atoms with Gasteiger partial charge in [-0.1, -0.05) is 177 Å². The van der Waals surface area contributed by atoms with Crippen LogP contribution in [0.25, 0.3) is 0 Å². The Morgan fingerprint density at radius 1 is 0.400 bits per heavy atom. The molecule has 1 aliphatic rings. The van der Waals surface area contributed by atoms with Crippen molar-refractivity contribution >= 4 is 6.29 Å². The Bertz CT molecular complexity index is 1120. The van der Waals surface area contributed by atoms with Crippen LogP contribution in [0.4, 0.5) is 0 Å². The molecule has 0 aromatic heterocycles. The lowest BCUT2D eigenvalue weighted by atomic mass is 9.83. The lowest BCUT2D eigenvalue weighted by molar-refractivity contribution is -0.115. The highest BCUT2D eigenvalue weighted by molar-refractivity contribution is 5.57. The minimum atomic E-state index is -0.120. The molecule has 1 aliphatic heterocycles. The van der Waals surface area contributed by atoms with Gasteiger partial charge in [-0.15, -0.1) is 0 Å². The molecule has 0 bridgehead atoms. The maximum Gasteiger partial charge on any atom is 0.125 e. The minimum absolute atomic E-state index is 0.120. The van der Waals surface area contributed by atoms with Crippen molar-refractivity contribution in [3.8, 4) is 0 Å². The highest BCUT2D eigenvalue weighted by Gasteiger charge is 2.22. The van der Waals surface area contributed by atoms with Gasteiger partial charge < -0.3 is 42.7 Å². The number of hydrogen-bond donors (Lipinski definition) is 6. The lowest BCUT2D eigenvalue weighted by Crippen LogP contribution is -2.31. The number of carbonyl (C=O) groups is 1.